The van der Waals surface area contributed by atoms with Crippen LogP contribution in [0.4, 0.5) is 0 Å². The summed E-state index contributed by atoms with van der Waals surface area (Å²) in [6.07, 6.45) is 6.49. The average molecular weight is 278 g/mol. The van der Waals surface area contributed by atoms with E-state index >= 15 is 0 Å². The molecule has 5 nitrogen and oxygen atoms in total. The number of para-hydroxylation sites is 1. The number of hydrogen-bond acceptors (Lipinski definition) is 4. The van der Waals surface area contributed by atoms with Gasteiger partial charge in [0.05, 0.1) is 18.3 Å². The number of nitrogens with one attached hydrogen (secondary N) is 1. The Morgan fingerprint density at radius 1 is 1.20 bits per heavy atom. The van der Waals surface area contributed by atoms with Gasteiger partial charge in [0.2, 0.25) is 0 Å². The molecule has 5 heteroatoms. The van der Waals surface area contributed by atoms with E-state index in [1.54, 1.807) is 18.2 Å². The first-order valence-electron chi connectivity index (χ1n) is 7.15. The number of benzene rings is 1. The van der Waals surface area contributed by atoms with Crippen molar-refractivity contribution in [1.82, 2.24) is 5.43 Å². The minimum Gasteiger partial charge on any atom is -0.490 e. The number of carbonyl (C=O) groups excluding carboxylic acids is 1. The Balaban J connectivity index is 1.77. The first-order valence-corrected chi connectivity index (χ1v) is 7.15. The van der Waals surface area contributed by atoms with E-state index in [2.05, 4.69) is 5.43 Å². The molecule has 1 amide bonds. The summed E-state index contributed by atoms with van der Waals surface area (Å²) in [5.74, 6) is 5.32. The van der Waals surface area contributed by atoms with Gasteiger partial charge in [-0.3, -0.25) is 10.2 Å². The zero-order valence-electron chi connectivity index (χ0n) is 11.6. The maximum atomic E-state index is 11.6. The number of nitrogens with two attached hydrogens (primary N) is 1. The smallest absolute Gasteiger partial charge is 0.268 e. The fourth-order valence-electron chi connectivity index (χ4n) is 2.46. The number of amides is 1. The molecule has 0 aromatic heterocycles. The fourth-order valence-corrected chi connectivity index (χ4v) is 2.46. The van der Waals surface area contributed by atoms with E-state index in [9.17, 15) is 4.79 Å². The Morgan fingerprint density at radius 3 is 2.70 bits per heavy atom. The lowest BCUT2D eigenvalue weighted by Crippen LogP contribution is -2.30. The normalized spacial score (nSPS) is 15.8. The van der Waals surface area contributed by atoms with Gasteiger partial charge in [0.15, 0.2) is 0 Å². The average Bonchev–Trinajstić information content (AvgIpc) is 2.52. The number of ether oxygens (including phenoxy) is 2. The largest absolute Gasteiger partial charge is 0.490 e. The lowest BCUT2D eigenvalue weighted by molar-refractivity contribution is 0.0128. The van der Waals surface area contributed by atoms with Gasteiger partial charge in [-0.05, 0) is 25.0 Å². The highest BCUT2D eigenvalue weighted by Crippen LogP contribution is 2.21. The highest BCUT2D eigenvalue weighted by molar-refractivity contribution is 5.96. The van der Waals surface area contributed by atoms with Gasteiger partial charge in [0.1, 0.15) is 12.4 Å². The Labute approximate surface area is 119 Å². The second-order valence-electron chi connectivity index (χ2n) is 4.95. The molecule has 3 N–H and O–H groups in total. The van der Waals surface area contributed by atoms with Crippen LogP contribution in [0.15, 0.2) is 24.3 Å². The predicted octanol–water partition coefficient (Wildman–Crippen LogP) is 2.02. The van der Waals surface area contributed by atoms with E-state index < -0.39 is 0 Å². The van der Waals surface area contributed by atoms with Gasteiger partial charge in [-0.1, -0.05) is 31.4 Å². The summed E-state index contributed by atoms with van der Waals surface area (Å²) in [5.41, 5.74) is 2.55. The van der Waals surface area contributed by atoms with Crippen molar-refractivity contribution >= 4 is 5.91 Å². The first kappa shape index (κ1) is 14.8. The molecule has 1 saturated carbocycles. The van der Waals surface area contributed by atoms with E-state index in [1.165, 1.54) is 19.3 Å². The van der Waals surface area contributed by atoms with Crippen molar-refractivity contribution in [1.29, 1.82) is 0 Å². The third kappa shape index (κ3) is 4.21. The molecular formula is C15H22N2O3. The highest BCUT2D eigenvalue weighted by Gasteiger charge is 2.14. The Bertz CT molecular complexity index is 431. The fraction of sp³-hybridized carbons (Fsp3) is 0.533. The molecule has 1 aromatic rings. The number of hydrogen-bond donors (Lipinski definition) is 2. The standard InChI is InChI=1S/C15H22N2O3/c16-17-15(18)13-8-4-5-9-14(13)20-11-10-19-12-6-2-1-3-7-12/h4-5,8-9,12H,1-3,6-7,10-11,16H2,(H,17,18). The van der Waals surface area contributed by atoms with Crippen molar-refractivity contribution in [3.63, 3.8) is 0 Å². The number of carbonyl (C=O) groups is 1. The number of rotatable bonds is 6. The molecule has 1 fully saturated rings. The summed E-state index contributed by atoms with van der Waals surface area (Å²) in [7, 11) is 0. The van der Waals surface area contributed by atoms with Gasteiger partial charge < -0.3 is 9.47 Å². The summed E-state index contributed by atoms with van der Waals surface area (Å²) in [6.45, 7) is 0.981. The minimum atomic E-state index is -0.353. The van der Waals surface area contributed by atoms with Crippen molar-refractivity contribution in [2.45, 2.75) is 38.2 Å². The molecule has 0 bridgehead atoms. The minimum absolute atomic E-state index is 0.353. The van der Waals surface area contributed by atoms with E-state index in [1.807, 2.05) is 6.07 Å². The lowest BCUT2D eigenvalue weighted by Gasteiger charge is -2.22. The van der Waals surface area contributed by atoms with Crippen LogP contribution in [0, 0.1) is 0 Å². The highest BCUT2D eigenvalue weighted by atomic mass is 16.5. The molecule has 2 rings (SSSR count). The van der Waals surface area contributed by atoms with Gasteiger partial charge in [0, 0.05) is 0 Å². The third-order valence-corrected chi connectivity index (χ3v) is 3.51. The maximum absolute atomic E-state index is 11.6. The zero-order chi connectivity index (χ0) is 14.2. The molecule has 1 aliphatic carbocycles. The molecule has 0 unspecified atom stereocenters. The molecule has 0 saturated heterocycles. The molecule has 1 aromatic carbocycles. The molecule has 0 spiro atoms. The maximum Gasteiger partial charge on any atom is 0.268 e. The van der Waals surface area contributed by atoms with Crippen LogP contribution >= 0.6 is 0 Å². The molecule has 1 aliphatic rings. The molecule has 110 valence electrons. The molecule has 0 atom stereocenters. The predicted molar refractivity (Wildman–Crippen MR) is 76.4 cm³/mol. The Hall–Kier alpha value is -1.59. The van der Waals surface area contributed by atoms with E-state index in [4.69, 9.17) is 15.3 Å². The quantitative estimate of drug-likeness (QED) is 0.361. The third-order valence-electron chi connectivity index (χ3n) is 3.51. The summed E-state index contributed by atoms with van der Waals surface area (Å²) in [5, 5.41) is 0. The second-order valence-corrected chi connectivity index (χ2v) is 4.95. The van der Waals surface area contributed by atoms with E-state index in [0.29, 0.717) is 30.6 Å². The van der Waals surface area contributed by atoms with Crippen LogP contribution in [0.1, 0.15) is 42.5 Å². The second kappa shape index (κ2) is 7.87. The van der Waals surface area contributed by atoms with Crippen molar-refractivity contribution in [2.75, 3.05) is 13.2 Å². The van der Waals surface area contributed by atoms with Crippen LogP contribution in [0.2, 0.25) is 0 Å². The van der Waals surface area contributed by atoms with Gasteiger partial charge in [-0.15, -0.1) is 0 Å². The molecule has 0 heterocycles. The first-order chi connectivity index (χ1) is 9.81. The van der Waals surface area contributed by atoms with E-state index in [-0.39, 0.29) is 5.91 Å². The Kier molecular flexibility index (Phi) is 5.83. The summed E-state index contributed by atoms with van der Waals surface area (Å²) in [4.78, 5) is 11.6. The van der Waals surface area contributed by atoms with Gasteiger partial charge in [-0.2, -0.15) is 0 Å². The summed E-state index contributed by atoms with van der Waals surface area (Å²) >= 11 is 0. The van der Waals surface area contributed by atoms with Crippen molar-refractivity contribution < 1.29 is 14.3 Å². The topological polar surface area (TPSA) is 73.6 Å². The zero-order valence-corrected chi connectivity index (χ0v) is 11.6. The summed E-state index contributed by atoms with van der Waals surface area (Å²) < 4.78 is 11.4. The summed E-state index contributed by atoms with van der Waals surface area (Å²) in [6, 6.07) is 7.03. The van der Waals surface area contributed by atoms with Crippen molar-refractivity contribution in [2.24, 2.45) is 5.84 Å². The molecule has 0 aliphatic heterocycles. The van der Waals surface area contributed by atoms with Crippen LogP contribution < -0.4 is 16.0 Å². The molecule has 20 heavy (non-hydrogen) atoms. The van der Waals surface area contributed by atoms with Crippen LogP contribution in [-0.2, 0) is 4.74 Å². The van der Waals surface area contributed by atoms with Crippen molar-refractivity contribution in [3.8, 4) is 5.75 Å². The molecular weight excluding hydrogens is 256 g/mol. The SMILES string of the molecule is NNC(=O)c1ccccc1OCCOC1CCCCC1. The lowest BCUT2D eigenvalue weighted by atomic mass is 9.98. The van der Waals surface area contributed by atoms with Crippen molar-refractivity contribution in [3.05, 3.63) is 29.8 Å². The van der Waals surface area contributed by atoms with Crippen LogP contribution in [0.5, 0.6) is 5.75 Å². The van der Waals surface area contributed by atoms with Crippen LogP contribution in [-0.4, -0.2) is 25.2 Å². The monoisotopic (exact) mass is 278 g/mol. The van der Waals surface area contributed by atoms with Crippen LogP contribution in [0.25, 0.3) is 0 Å². The molecule has 0 radical (unpaired) electrons. The van der Waals surface area contributed by atoms with Gasteiger partial charge >= 0.3 is 0 Å². The number of hydrazine groups is 1. The number of nitrogen functional groups attached to an aromatic ring is 1. The van der Waals surface area contributed by atoms with E-state index in [0.717, 1.165) is 12.8 Å². The Morgan fingerprint density at radius 2 is 1.95 bits per heavy atom. The van der Waals surface area contributed by atoms with Crippen LogP contribution in [0.3, 0.4) is 0 Å². The van der Waals surface area contributed by atoms with Gasteiger partial charge in [0.25, 0.3) is 5.91 Å². The van der Waals surface area contributed by atoms with Gasteiger partial charge in [-0.25, -0.2) is 5.84 Å².